The van der Waals surface area contributed by atoms with Crippen LogP contribution in [-0.4, -0.2) is 8.42 Å². The molecule has 2 aromatic rings. The first-order chi connectivity index (χ1) is 9.29. The van der Waals surface area contributed by atoms with Crippen LogP contribution in [0.15, 0.2) is 41.3 Å². The van der Waals surface area contributed by atoms with Crippen LogP contribution in [0.3, 0.4) is 0 Å². The normalized spacial score (nSPS) is 11.4. The van der Waals surface area contributed by atoms with Gasteiger partial charge < -0.3 is 0 Å². The second-order valence-electron chi connectivity index (χ2n) is 4.48. The number of rotatable bonds is 3. The van der Waals surface area contributed by atoms with E-state index in [4.69, 9.17) is 11.6 Å². The number of halogens is 2. The minimum absolute atomic E-state index is 0.0887. The standard InChI is InChI=1S/C14H13ClFNO2S/c1-9-4-6-12(8-13(9)15)17-20(18,19)14-7-11(16)5-3-10(14)2/h3-8,17H,1-2H3. The molecule has 0 spiro atoms. The van der Waals surface area contributed by atoms with Crippen molar-refractivity contribution in [3.63, 3.8) is 0 Å². The second-order valence-corrected chi connectivity index (χ2v) is 6.54. The zero-order valence-corrected chi connectivity index (χ0v) is 12.5. The van der Waals surface area contributed by atoms with Gasteiger partial charge in [-0.2, -0.15) is 0 Å². The van der Waals surface area contributed by atoms with Crippen LogP contribution in [-0.2, 0) is 10.0 Å². The highest BCUT2D eigenvalue weighted by atomic mass is 35.5. The Labute approximate surface area is 122 Å². The monoisotopic (exact) mass is 313 g/mol. The maximum absolute atomic E-state index is 13.2. The summed E-state index contributed by atoms with van der Waals surface area (Å²) < 4.78 is 40.1. The fraction of sp³-hybridized carbons (Fsp3) is 0.143. The van der Waals surface area contributed by atoms with Crippen molar-refractivity contribution in [2.24, 2.45) is 0 Å². The van der Waals surface area contributed by atoms with E-state index in [0.717, 1.165) is 11.6 Å². The summed E-state index contributed by atoms with van der Waals surface area (Å²) in [5.41, 5.74) is 1.65. The number of sulfonamides is 1. The summed E-state index contributed by atoms with van der Waals surface area (Å²) in [6.07, 6.45) is 0. The van der Waals surface area contributed by atoms with Crippen LogP contribution in [0, 0.1) is 19.7 Å². The molecule has 0 fully saturated rings. The predicted octanol–water partition coefficient (Wildman–Crippen LogP) is 3.90. The molecular formula is C14H13ClFNO2S. The second kappa shape index (κ2) is 5.42. The van der Waals surface area contributed by atoms with E-state index in [0.29, 0.717) is 16.3 Å². The molecule has 0 radical (unpaired) electrons. The van der Waals surface area contributed by atoms with Gasteiger partial charge in [-0.15, -0.1) is 0 Å². The van der Waals surface area contributed by atoms with Gasteiger partial charge in [0, 0.05) is 5.02 Å². The average Bonchev–Trinajstić information content (AvgIpc) is 2.36. The molecule has 0 unspecified atom stereocenters. The van der Waals surface area contributed by atoms with Gasteiger partial charge >= 0.3 is 0 Å². The Morgan fingerprint density at radius 3 is 2.35 bits per heavy atom. The van der Waals surface area contributed by atoms with Crippen LogP contribution in [0.25, 0.3) is 0 Å². The first-order valence-electron chi connectivity index (χ1n) is 5.85. The minimum Gasteiger partial charge on any atom is -0.280 e. The predicted molar refractivity (Wildman–Crippen MR) is 78.1 cm³/mol. The lowest BCUT2D eigenvalue weighted by atomic mass is 10.2. The van der Waals surface area contributed by atoms with E-state index in [1.807, 2.05) is 6.92 Å². The van der Waals surface area contributed by atoms with E-state index >= 15 is 0 Å². The van der Waals surface area contributed by atoms with E-state index in [1.54, 1.807) is 19.1 Å². The van der Waals surface area contributed by atoms with Gasteiger partial charge in [-0.3, -0.25) is 4.72 Å². The Balaban J connectivity index is 2.40. The Morgan fingerprint density at radius 1 is 1.05 bits per heavy atom. The van der Waals surface area contributed by atoms with Gasteiger partial charge in [0.2, 0.25) is 0 Å². The maximum atomic E-state index is 13.2. The van der Waals surface area contributed by atoms with Crippen LogP contribution >= 0.6 is 11.6 Å². The molecule has 6 heteroatoms. The van der Waals surface area contributed by atoms with Crippen LogP contribution in [0.1, 0.15) is 11.1 Å². The Morgan fingerprint density at radius 2 is 1.70 bits per heavy atom. The van der Waals surface area contributed by atoms with Crippen molar-refractivity contribution < 1.29 is 12.8 Å². The van der Waals surface area contributed by atoms with Crippen LogP contribution in [0.5, 0.6) is 0 Å². The molecule has 0 amide bonds. The van der Waals surface area contributed by atoms with Gasteiger partial charge in [0.1, 0.15) is 5.82 Å². The minimum atomic E-state index is -3.84. The highest BCUT2D eigenvalue weighted by Crippen LogP contribution is 2.24. The third kappa shape index (κ3) is 3.11. The topological polar surface area (TPSA) is 46.2 Å². The molecule has 106 valence electrons. The Hall–Kier alpha value is -1.59. The van der Waals surface area contributed by atoms with E-state index < -0.39 is 15.8 Å². The lowest BCUT2D eigenvalue weighted by Gasteiger charge is -2.11. The quantitative estimate of drug-likeness (QED) is 0.934. The van der Waals surface area contributed by atoms with Gasteiger partial charge in [0.05, 0.1) is 10.6 Å². The van der Waals surface area contributed by atoms with Crippen molar-refractivity contribution in [3.05, 3.63) is 58.4 Å². The number of hydrogen-bond acceptors (Lipinski definition) is 2. The summed E-state index contributed by atoms with van der Waals surface area (Å²) in [6.45, 7) is 3.42. The summed E-state index contributed by atoms with van der Waals surface area (Å²) >= 11 is 5.95. The molecule has 2 rings (SSSR count). The van der Waals surface area contributed by atoms with Gasteiger partial charge in [-0.05, 0) is 49.2 Å². The maximum Gasteiger partial charge on any atom is 0.262 e. The lowest BCUT2D eigenvalue weighted by molar-refractivity contribution is 0.594. The molecule has 0 aromatic heterocycles. The third-order valence-corrected chi connectivity index (χ3v) is 4.79. The smallest absolute Gasteiger partial charge is 0.262 e. The Bertz CT molecular complexity index is 760. The van der Waals surface area contributed by atoms with E-state index in [1.165, 1.54) is 18.2 Å². The summed E-state index contributed by atoms with van der Waals surface area (Å²) in [5, 5.41) is 0.459. The van der Waals surface area contributed by atoms with Crippen molar-refractivity contribution in [1.82, 2.24) is 0 Å². The van der Waals surface area contributed by atoms with E-state index in [2.05, 4.69) is 4.72 Å². The number of nitrogens with one attached hydrogen (secondary N) is 1. The van der Waals surface area contributed by atoms with Crippen molar-refractivity contribution in [1.29, 1.82) is 0 Å². The molecule has 0 atom stereocenters. The molecule has 0 aliphatic carbocycles. The van der Waals surface area contributed by atoms with Crippen LogP contribution in [0.2, 0.25) is 5.02 Å². The van der Waals surface area contributed by atoms with Crippen molar-refractivity contribution in [3.8, 4) is 0 Å². The van der Waals surface area contributed by atoms with Crippen LogP contribution < -0.4 is 4.72 Å². The van der Waals surface area contributed by atoms with E-state index in [-0.39, 0.29) is 4.90 Å². The molecule has 0 aliphatic rings. The molecule has 20 heavy (non-hydrogen) atoms. The molecule has 0 heterocycles. The SMILES string of the molecule is Cc1ccc(NS(=O)(=O)c2cc(F)ccc2C)cc1Cl. The summed E-state index contributed by atoms with van der Waals surface area (Å²) in [4.78, 5) is -0.0887. The molecular weight excluding hydrogens is 301 g/mol. The van der Waals surface area contributed by atoms with Crippen molar-refractivity contribution in [2.75, 3.05) is 4.72 Å². The molecule has 0 saturated carbocycles. The van der Waals surface area contributed by atoms with Gasteiger partial charge in [-0.25, -0.2) is 12.8 Å². The number of hydrogen-bond donors (Lipinski definition) is 1. The molecule has 0 bridgehead atoms. The molecule has 3 nitrogen and oxygen atoms in total. The fourth-order valence-electron chi connectivity index (χ4n) is 1.73. The van der Waals surface area contributed by atoms with Crippen molar-refractivity contribution in [2.45, 2.75) is 18.7 Å². The van der Waals surface area contributed by atoms with Crippen LogP contribution in [0.4, 0.5) is 10.1 Å². The Kier molecular flexibility index (Phi) is 4.01. The van der Waals surface area contributed by atoms with E-state index in [9.17, 15) is 12.8 Å². The fourth-order valence-corrected chi connectivity index (χ4v) is 3.22. The van der Waals surface area contributed by atoms with Gasteiger partial charge in [-0.1, -0.05) is 23.7 Å². The first-order valence-corrected chi connectivity index (χ1v) is 7.71. The summed E-state index contributed by atoms with van der Waals surface area (Å²) in [6, 6.07) is 8.46. The first kappa shape index (κ1) is 14.8. The summed E-state index contributed by atoms with van der Waals surface area (Å²) in [5.74, 6) is -0.599. The molecule has 0 aliphatic heterocycles. The van der Waals surface area contributed by atoms with Gasteiger partial charge in [0.15, 0.2) is 0 Å². The lowest BCUT2D eigenvalue weighted by Crippen LogP contribution is -2.14. The molecule has 0 saturated heterocycles. The zero-order chi connectivity index (χ0) is 14.9. The average molecular weight is 314 g/mol. The number of anilines is 1. The highest BCUT2D eigenvalue weighted by molar-refractivity contribution is 7.92. The van der Waals surface area contributed by atoms with Crippen molar-refractivity contribution >= 4 is 27.3 Å². The third-order valence-electron chi connectivity index (χ3n) is 2.86. The molecule has 2 aromatic carbocycles. The number of aryl methyl sites for hydroxylation is 2. The van der Waals surface area contributed by atoms with Gasteiger partial charge in [0.25, 0.3) is 10.0 Å². The summed E-state index contributed by atoms with van der Waals surface area (Å²) in [7, 11) is -3.84. The largest absolute Gasteiger partial charge is 0.280 e. The highest BCUT2D eigenvalue weighted by Gasteiger charge is 2.18. The number of benzene rings is 2. The zero-order valence-electron chi connectivity index (χ0n) is 10.9. The molecule has 1 N–H and O–H groups in total.